The highest BCUT2D eigenvalue weighted by Crippen LogP contribution is 2.37. The van der Waals surface area contributed by atoms with Gasteiger partial charge in [-0.3, -0.25) is 10.1 Å². The number of nitrogens with two attached hydrogens (primary N) is 1. The summed E-state index contributed by atoms with van der Waals surface area (Å²) in [7, 11) is 0. The van der Waals surface area contributed by atoms with Crippen LogP contribution in [0, 0.1) is 34.2 Å². The Hall–Kier alpha value is -4.60. The lowest BCUT2D eigenvalue weighted by atomic mass is 10.1. The predicted molar refractivity (Wildman–Crippen MR) is 110 cm³/mol. The van der Waals surface area contributed by atoms with Crippen molar-refractivity contribution in [3.8, 4) is 6.07 Å². The number of nitriles is 1. The summed E-state index contributed by atoms with van der Waals surface area (Å²) >= 11 is 0. The number of nitrogens with one attached hydrogen (secondary N) is 1. The molecule has 0 saturated heterocycles. The third-order valence-electron chi connectivity index (χ3n) is 4.41. The second kappa shape index (κ2) is 8.87. The van der Waals surface area contributed by atoms with Crippen LogP contribution in [0.5, 0.6) is 0 Å². The van der Waals surface area contributed by atoms with E-state index in [0.29, 0.717) is 0 Å². The van der Waals surface area contributed by atoms with Gasteiger partial charge in [-0.05, 0) is 31.2 Å². The lowest BCUT2D eigenvalue weighted by molar-refractivity contribution is -0.384. The number of benzene rings is 2. The Kier molecular flexibility index (Phi) is 6.20. The van der Waals surface area contributed by atoms with Crippen LogP contribution < -0.4 is 11.1 Å². The van der Waals surface area contributed by atoms with Crippen molar-refractivity contribution in [3.63, 3.8) is 0 Å². The normalized spacial score (nSPS) is 11.4. The molecule has 1 aromatic heterocycles. The van der Waals surface area contributed by atoms with Crippen LogP contribution in [0.15, 0.2) is 52.7 Å². The number of nitro benzene ring substituents is 1. The molecule has 3 N–H and O–H groups in total. The second-order valence-electron chi connectivity index (χ2n) is 6.60. The lowest BCUT2D eigenvalue weighted by Crippen LogP contribution is -2.06. The number of nitrogens with zero attached hydrogens (tertiary/aromatic N) is 5. The van der Waals surface area contributed by atoms with Gasteiger partial charge in [0.15, 0.2) is 11.6 Å². The monoisotopic (exact) mass is 459 g/mol. The number of hydrogen-bond donors (Lipinski definition) is 2. The molecule has 2 aromatic carbocycles. The quantitative estimate of drug-likeness (QED) is 0.205. The molecule has 0 aliphatic carbocycles. The van der Waals surface area contributed by atoms with Crippen LogP contribution in [0.4, 0.5) is 51.9 Å². The minimum Gasteiger partial charge on any atom is -0.383 e. The first kappa shape index (κ1) is 23.1. The van der Waals surface area contributed by atoms with E-state index in [2.05, 4.69) is 20.5 Å². The summed E-state index contributed by atoms with van der Waals surface area (Å²) in [6.45, 7) is 1.44. The molecule has 0 fully saturated rings. The SMILES string of the molecule is Cc1c(C#N)c(N)nc(Nc2cccc(C(F)(F)F)c2)c1N=Nc1cc([N+](=O)[O-])ccc1F. The minimum absolute atomic E-state index is 0.0150. The van der Waals surface area contributed by atoms with Gasteiger partial charge in [-0.1, -0.05) is 6.07 Å². The second-order valence-corrected chi connectivity index (χ2v) is 6.60. The van der Waals surface area contributed by atoms with E-state index in [1.807, 2.05) is 6.07 Å². The first-order valence-corrected chi connectivity index (χ1v) is 9.01. The maximum absolute atomic E-state index is 14.1. The average molecular weight is 459 g/mol. The van der Waals surface area contributed by atoms with Gasteiger partial charge in [-0.25, -0.2) is 9.37 Å². The Morgan fingerprint density at radius 2 is 1.94 bits per heavy atom. The van der Waals surface area contributed by atoms with E-state index in [9.17, 15) is 32.9 Å². The van der Waals surface area contributed by atoms with Gasteiger partial charge in [-0.15, -0.1) is 10.2 Å². The number of hydrogen-bond acceptors (Lipinski definition) is 8. The van der Waals surface area contributed by atoms with Crippen molar-refractivity contribution in [1.29, 1.82) is 5.26 Å². The van der Waals surface area contributed by atoms with Crippen molar-refractivity contribution >= 4 is 34.4 Å². The standard InChI is InChI=1S/C20H13F4N7O2/c1-10-14(9-25)18(26)28-19(27-12-4-2-3-11(7-12)20(22,23)24)17(10)30-29-16-8-13(31(32)33)5-6-15(16)21/h2-8H,1H3,(H3,26,27,28). The summed E-state index contributed by atoms with van der Waals surface area (Å²) in [5, 5.41) is 30.4. The van der Waals surface area contributed by atoms with Gasteiger partial charge in [0, 0.05) is 23.4 Å². The first-order chi connectivity index (χ1) is 15.5. The Bertz CT molecular complexity index is 1320. The maximum Gasteiger partial charge on any atom is 0.416 e. The molecule has 13 heteroatoms. The molecule has 9 nitrogen and oxygen atoms in total. The number of pyridine rings is 1. The number of rotatable bonds is 5. The number of halogens is 4. The van der Waals surface area contributed by atoms with E-state index in [1.54, 1.807) is 0 Å². The smallest absolute Gasteiger partial charge is 0.383 e. The lowest BCUT2D eigenvalue weighted by Gasteiger charge is -2.14. The van der Waals surface area contributed by atoms with E-state index >= 15 is 0 Å². The third kappa shape index (κ3) is 5.01. The zero-order chi connectivity index (χ0) is 24.3. The number of non-ortho nitro benzene ring substituents is 1. The van der Waals surface area contributed by atoms with Crippen molar-refractivity contribution in [2.24, 2.45) is 10.2 Å². The van der Waals surface area contributed by atoms with Crippen LogP contribution in [0.3, 0.4) is 0 Å². The molecule has 1 heterocycles. The molecule has 0 aliphatic heterocycles. The molecule has 33 heavy (non-hydrogen) atoms. The highest BCUT2D eigenvalue weighted by atomic mass is 19.4. The molecule has 0 radical (unpaired) electrons. The highest BCUT2D eigenvalue weighted by Gasteiger charge is 2.30. The zero-order valence-electron chi connectivity index (χ0n) is 16.7. The van der Waals surface area contributed by atoms with Crippen molar-refractivity contribution < 1.29 is 22.5 Å². The Morgan fingerprint density at radius 3 is 2.58 bits per heavy atom. The molecular weight excluding hydrogens is 446 g/mol. The summed E-state index contributed by atoms with van der Waals surface area (Å²) in [6, 6.07) is 8.67. The number of alkyl halides is 3. The predicted octanol–water partition coefficient (Wildman–Crippen LogP) is 6.07. The average Bonchev–Trinajstić information content (AvgIpc) is 2.74. The number of aromatic nitrogens is 1. The fraction of sp³-hybridized carbons (Fsp3) is 0.100. The molecule has 0 aliphatic rings. The van der Waals surface area contributed by atoms with Crippen LogP contribution in [0.25, 0.3) is 0 Å². The molecular formula is C20H13F4N7O2. The summed E-state index contributed by atoms with van der Waals surface area (Å²) in [6.07, 6.45) is -4.59. The molecule has 0 bridgehead atoms. The van der Waals surface area contributed by atoms with Crippen molar-refractivity contribution in [2.45, 2.75) is 13.1 Å². The molecule has 168 valence electrons. The van der Waals surface area contributed by atoms with Gasteiger partial charge < -0.3 is 11.1 Å². The fourth-order valence-corrected chi connectivity index (χ4v) is 2.77. The van der Waals surface area contributed by atoms with Crippen LogP contribution in [-0.2, 0) is 6.18 Å². The van der Waals surface area contributed by atoms with E-state index in [1.165, 1.54) is 19.1 Å². The Labute approximate surface area is 183 Å². The minimum atomic E-state index is -4.59. The molecule has 0 amide bonds. The summed E-state index contributed by atoms with van der Waals surface area (Å²) in [5.74, 6) is -1.28. The highest BCUT2D eigenvalue weighted by molar-refractivity contribution is 5.77. The maximum atomic E-state index is 14.1. The van der Waals surface area contributed by atoms with Crippen molar-refractivity contribution in [3.05, 3.63) is 75.1 Å². The number of nitrogen functional groups attached to an aromatic ring is 1. The van der Waals surface area contributed by atoms with Crippen LogP contribution >= 0.6 is 0 Å². The summed E-state index contributed by atoms with van der Waals surface area (Å²) in [4.78, 5) is 14.2. The third-order valence-corrected chi connectivity index (χ3v) is 4.41. The van der Waals surface area contributed by atoms with Crippen LogP contribution in [-0.4, -0.2) is 9.91 Å². The Morgan fingerprint density at radius 1 is 1.21 bits per heavy atom. The Balaban J connectivity index is 2.10. The van der Waals surface area contributed by atoms with E-state index in [4.69, 9.17) is 5.73 Å². The van der Waals surface area contributed by atoms with Crippen LogP contribution in [0.1, 0.15) is 16.7 Å². The number of nitro groups is 1. The van der Waals surface area contributed by atoms with Gasteiger partial charge in [0.05, 0.1) is 16.1 Å². The van der Waals surface area contributed by atoms with E-state index in [0.717, 1.165) is 30.3 Å². The fourth-order valence-electron chi connectivity index (χ4n) is 2.77. The molecule has 0 spiro atoms. The molecule has 3 aromatic rings. The van der Waals surface area contributed by atoms with Gasteiger partial charge in [0.2, 0.25) is 0 Å². The number of anilines is 3. The van der Waals surface area contributed by atoms with Gasteiger partial charge >= 0.3 is 6.18 Å². The largest absolute Gasteiger partial charge is 0.416 e. The molecule has 0 unspecified atom stereocenters. The molecule has 0 saturated carbocycles. The van der Waals surface area contributed by atoms with Gasteiger partial charge in [0.25, 0.3) is 5.69 Å². The van der Waals surface area contributed by atoms with E-state index < -0.39 is 33.9 Å². The molecule has 3 rings (SSSR count). The summed E-state index contributed by atoms with van der Waals surface area (Å²) in [5.41, 5.74) is 3.91. The van der Waals surface area contributed by atoms with Crippen LogP contribution in [0.2, 0.25) is 0 Å². The van der Waals surface area contributed by atoms with Crippen molar-refractivity contribution in [1.82, 2.24) is 4.98 Å². The summed E-state index contributed by atoms with van der Waals surface area (Å²) < 4.78 is 53.2. The number of azo groups is 1. The van der Waals surface area contributed by atoms with E-state index in [-0.39, 0.29) is 34.1 Å². The first-order valence-electron chi connectivity index (χ1n) is 9.01. The molecule has 0 atom stereocenters. The van der Waals surface area contributed by atoms with Gasteiger partial charge in [0.1, 0.15) is 23.3 Å². The van der Waals surface area contributed by atoms with Crippen molar-refractivity contribution in [2.75, 3.05) is 11.1 Å². The topological polar surface area (TPSA) is 143 Å². The van der Waals surface area contributed by atoms with Gasteiger partial charge in [-0.2, -0.15) is 18.4 Å². The zero-order valence-corrected chi connectivity index (χ0v) is 16.7.